The maximum Gasteiger partial charge on any atom is 0.227 e. The Bertz CT molecular complexity index is 1050. The van der Waals surface area contributed by atoms with Gasteiger partial charge in [0.15, 0.2) is 11.6 Å². The van der Waals surface area contributed by atoms with Crippen LogP contribution in [0.15, 0.2) is 42.6 Å². The molecule has 0 N–H and O–H groups in total. The number of aromatic nitrogens is 3. The molecule has 0 bridgehead atoms. The van der Waals surface area contributed by atoms with Gasteiger partial charge in [0, 0.05) is 43.5 Å². The smallest absolute Gasteiger partial charge is 0.227 e. The molecule has 1 aliphatic heterocycles. The molecule has 9 heteroatoms. The van der Waals surface area contributed by atoms with E-state index in [1.165, 1.54) is 18.2 Å². The minimum absolute atomic E-state index is 0.00622. The van der Waals surface area contributed by atoms with E-state index in [1.807, 2.05) is 16.7 Å². The van der Waals surface area contributed by atoms with Crippen molar-refractivity contribution < 1.29 is 8.78 Å². The first kappa shape index (κ1) is 19.8. The molecule has 1 aliphatic rings. The number of pyridine rings is 1. The van der Waals surface area contributed by atoms with Crippen LogP contribution in [0.3, 0.4) is 0 Å². The van der Waals surface area contributed by atoms with E-state index in [9.17, 15) is 8.78 Å². The van der Waals surface area contributed by atoms with Crippen molar-refractivity contribution in [3.63, 3.8) is 0 Å². The summed E-state index contributed by atoms with van der Waals surface area (Å²) in [7, 11) is 0. The predicted octanol–water partition coefficient (Wildman–Crippen LogP) is 4.84. The lowest BCUT2D eigenvalue weighted by molar-refractivity contribution is 0.524. The lowest BCUT2D eigenvalue weighted by Gasteiger charge is -2.40. The maximum absolute atomic E-state index is 14.1. The second-order valence-electron chi connectivity index (χ2n) is 6.80. The fraction of sp³-hybridized carbons (Fsp3) is 0.250. The SMILES string of the molecule is C[C@@H]1CN(c2ncccc2F)CCN1c1nc(Cl)cc(-c2ccc(F)c(Cl)c2)n1. The van der Waals surface area contributed by atoms with Gasteiger partial charge in [0.25, 0.3) is 0 Å². The number of anilines is 2. The van der Waals surface area contributed by atoms with Crippen LogP contribution in [0.25, 0.3) is 11.3 Å². The van der Waals surface area contributed by atoms with E-state index >= 15 is 0 Å². The van der Waals surface area contributed by atoms with E-state index in [4.69, 9.17) is 23.2 Å². The molecule has 1 aromatic carbocycles. The fourth-order valence-corrected chi connectivity index (χ4v) is 3.75. The summed E-state index contributed by atoms with van der Waals surface area (Å²) < 4.78 is 27.6. The number of rotatable bonds is 3. The predicted molar refractivity (Wildman–Crippen MR) is 111 cm³/mol. The van der Waals surface area contributed by atoms with Crippen molar-refractivity contribution in [2.24, 2.45) is 0 Å². The summed E-state index contributed by atoms with van der Waals surface area (Å²) in [6, 6.07) is 8.96. The first-order valence-electron chi connectivity index (χ1n) is 9.04. The summed E-state index contributed by atoms with van der Waals surface area (Å²) in [6.07, 6.45) is 1.58. The van der Waals surface area contributed by atoms with Gasteiger partial charge in [0.1, 0.15) is 11.0 Å². The van der Waals surface area contributed by atoms with Crippen LogP contribution in [-0.2, 0) is 0 Å². The van der Waals surface area contributed by atoms with Crippen LogP contribution in [0.1, 0.15) is 6.92 Å². The van der Waals surface area contributed by atoms with E-state index in [1.54, 1.807) is 24.4 Å². The molecule has 3 heterocycles. The van der Waals surface area contributed by atoms with Crippen LogP contribution < -0.4 is 9.80 Å². The minimum atomic E-state index is -0.498. The van der Waals surface area contributed by atoms with Gasteiger partial charge in [-0.15, -0.1) is 0 Å². The van der Waals surface area contributed by atoms with Crippen molar-refractivity contribution in [1.29, 1.82) is 0 Å². The van der Waals surface area contributed by atoms with Gasteiger partial charge < -0.3 is 9.80 Å². The summed E-state index contributed by atoms with van der Waals surface area (Å²) in [5.41, 5.74) is 1.19. The van der Waals surface area contributed by atoms with Gasteiger partial charge in [-0.2, -0.15) is 0 Å². The van der Waals surface area contributed by atoms with E-state index in [0.29, 0.717) is 42.7 Å². The molecule has 0 unspecified atom stereocenters. The highest BCUT2D eigenvalue weighted by atomic mass is 35.5. The number of nitrogens with zero attached hydrogens (tertiary/aromatic N) is 5. The number of halogens is 4. The number of hydrogen-bond donors (Lipinski definition) is 0. The van der Waals surface area contributed by atoms with E-state index in [2.05, 4.69) is 15.0 Å². The highest BCUT2D eigenvalue weighted by Crippen LogP contribution is 2.28. The molecule has 1 fully saturated rings. The Morgan fingerprint density at radius 1 is 1.03 bits per heavy atom. The molecule has 0 aliphatic carbocycles. The van der Waals surface area contributed by atoms with Gasteiger partial charge in [0.2, 0.25) is 5.95 Å². The lowest BCUT2D eigenvalue weighted by Crippen LogP contribution is -2.53. The molecule has 0 spiro atoms. The van der Waals surface area contributed by atoms with Gasteiger partial charge in [-0.3, -0.25) is 0 Å². The van der Waals surface area contributed by atoms with Crippen LogP contribution in [0.2, 0.25) is 10.2 Å². The van der Waals surface area contributed by atoms with Crippen LogP contribution in [0.5, 0.6) is 0 Å². The van der Waals surface area contributed by atoms with Crippen molar-refractivity contribution >= 4 is 35.0 Å². The van der Waals surface area contributed by atoms with E-state index in [-0.39, 0.29) is 22.0 Å². The van der Waals surface area contributed by atoms with E-state index in [0.717, 1.165) is 0 Å². The van der Waals surface area contributed by atoms with Gasteiger partial charge >= 0.3 is 0 Å². The Hall–Kier alpha value is -2.51. The number of hydrogen-bond acceptors (Lipinski definition) is 5. The molecule has 3 aromatic rings. The standard InChI is InChI=1S/C20H17Cl2F2N5/c1-12-11-28(19-16(24)3-2-6-25-19)7-8-29(12)20-26-17(10-18(22)27-20)13-4-5-15(23)14(21)9-13/h2-6,9-10,12H,7-8,11H2,1H3/t12-/m1/s1. The zero-order valence-electron chi connectivity index (χ0n) is 15.5. The molecule has 1 saturated heterocycles. The van der Waals surface area contributed by atoms with Crippen LogP contribution in [0.4, 0.5) is 20.5 Å². The minimum Gasteiger partial charge on any atom is -0.350 e. The summed E-state index contributed by atoms with van der Waals surface area (Å²) in [5.74, 6) is -0.0424. The van der Waals surface area contributed by atoms with Crippen molar-refractivity contribution in [1.82, 2.24) is 15.0 Å². The summed E-state index contributed by atoms with van der Waals surface area (Å²) >= 11 is 12.1. The molecule has 5 nitrogen and oxygen atoms in total. The first-order chi connectivity index (χ1) is 13.9. The van der Waals surface area contributed by atoms with Crippen LogP contribution >= 0.6 is 23.2 Å². The highest BCUT2D eigenvalue weighted by molar-refractivity contribution is 6.31. The monoisotopic (exact) mass is 435 g/mol. The molecule has 4 rings (SSSR count). The molecule has 0 radical (unpaired) electrons. The molecular weight excluding hydrogens is 419 g/mol. The molecule has 0 saturated carbocycles. The third-order valence-electron chi connectivity index (χ3n) is 4.82. The molecule has 2 aromatic heterocycles. The molecule has 1 atom stereocenters. The Kier molecular flexibility index (Phi) is 5.52. The largest absolute Gasteiger partial charge is 0.350 e. The van der Waals surface area contributed by atoms with Gasteiger partial charge in [-0.05, 0) is 37.3 Å². The van der Waals surface area contributed by atoms with Gasteiger partial charge in [0.05, 0.1) is 10.7 Å². The Balaban J connectivity index is 1.60. The Morgan fingerprint density at radius 3 is 2.59 bits per heavy atom. The average Bonchev–Trinajstić information content (AvgIpc) is 2.70. The molecule has 0 amide bonds. The van der Waals surface area contributed by atoms with Crippen molar-refractivity contribution in [3.05, 3.63) is 64.4 Å². The molecular formula is C20H17Cl2F2N5. The fourth-order valence-electron chi connectivity index (χ4n) is 3.39. The summed E-state index contributed by atoms with van der Waals surface area (Å²) in [4.78, 5) is 17.0. The van der Waals surface area contributed by atoms with Crippen molar-refractivity contribution in [3.8, 4) is 11.3 Å². The third-order valence-corrected chi connectivity index (χ3v) is 5.30. The van der Waals surface area contributed by atoms with Crippen molar-refractivity contribution in [2.75, 3.05) is 29.4 Å². The molecule has 29 heavy (non-hydrogen) atoms. The zero-order chi connectivity index (χ0) is 20.5. The zero-order valence-corrected chi connectivity index (χ0v) is 17.0. The molecule has 150 valence electrons. The quantitative estimate of drug-likeness (QED) is 0.550. The second-order valence-corrected chi connectivity index (χ2v) is 7.60. The third kappa shape index (κ3) is 4.11. The second kappa shape index (κ2) is 8.08. The number of benzene rings is 1. The Morgan fingerprint density at radius 2 is 1.86 bits per heavy atom. The highest BCUT2D eigenvalue weighted by Gasteiger charge is 2.28. The first-order valence-corrected chi connectivity index (χ1v) is 9.80. The van der Waals surface area contributed by atoms with E-state index < -0.39 is 5.82 Å². The normalized spacial score (nSPS) is 16.9. The van der Waals surface area contributed by atoms with Gasteiger partial charge in [-0.1, -0.05) is 23.2 Å². The summed E-state index contributed by atoms with van der Waals surface area (Å²) in [6.45, 7) is 3.69. The van der Waals surface area contributed by atoms with Crippen LogP contribution in [-0.4, -0.2) is 40.6 Å². The van der Waals surface area contributed by atoms with Gasteiger partial charge in [-0.25, -0.2) is 23.7 Å². The maximum atomic E-state index is 14.1. The lowest BCUT2D eigenvalue weighted by atomic mass is 10.1. The van der Waals surface area contributed by atoms with Crippen molar-refractivity contribution in [2.45, 2.75) is 13.0 Å². The van der Waals surface area contributed by atoms with Crippen LogP contribution in [0, 0.1) is 11.6 Å². The summed E-state index contributed by atoms with van der Waals surface area (Å²) in [5, 5.41) is 0.286. The number of piperazine rings is 1. The topological polar surface area (TPSA) is 45.2 Å². The average molecular weight is 436 g/mol. The Labute approximate surface area is 176 Å².